The van der Waals surface area contributed by atoms with Gasteiger partial charge < -0.3 is 25.4 Å². The maximum atomic E-state index is 10.4. The first kappa shape index (κ1) is 24.9. The van der Waals surface area contributed by atoms with E-state index in [1.54, 1.807) is 12.1 Å². The van der Waals surface area contributed by atoms with Crippen LogP contribution in [0.25, 0.3) is 0 Å². The van der Waals surface area contributed by atoms with Gasteiger partial charge in [0.25, 0.3) is 0 Å². The van der Waals surface area contributed by atoms with E-state index in [-0.39, 0.29) is 12.4 Å². The number of aliphatic hydroxyl groups excluding tert-OH is 2. The number of aromatic hydroxyl groups is 1. The summed E-state index contributed by atoms with van der Waals surface area (Å²) >= 11 is 0. The van der Waals surface area contributed by atoms with Crippen LogP contribution in [-0.4, -0.2) is 35.0 Å². The summed E-state index contributed by atoms with van der Waals surface area (Å²) in [6, 6.07) is 23.8. The van der Waals surface area contributed by atoms with Crippen molar-refractivity contribution in [3.63, 3.8) is 0 Å². The van der Waals surface area contributed by atoms with Gasteiger partial charge in [0.05, 0.1) is 19.3 Å². The zero-order valence-electron chi connectivity index (χ0n) is 19.1. The van der Waals surface area contributed by atoms with Crippen LogP contribution in [0.4, 0.5) is 0 Å². The summed E-state index contributed by atoms with van der Waals surface area (Å²) in [5.74, 6) is 0.0393. The van der Waals surface area contributed by atoms with Gasteiger partial charge in [-0.3, -0.25) is 0 Å². The zero-order valence-corrected chi connectivity index (χ0v) is 19.1. The highest BCUT2D eigenvalue weighted by atomic mass is 16.5. The molecule has 176 valence electrons. The lowest BCUT2D eigenvalue weighted by Gasteiger charge is -2.14. The predicted molar refractivity (Wildman–Crippen MR) is 131 cm³/mol. The second-order valence-corrected chi connectivity index (χ2v) is 8.33. The standard InChI is InChI=1S/C28H35NO4/c30-20-26-18-25(12-13-27(26)31)28(32)19-29-15-14-23-10-6-11-24(17-23)21-33-16-5-4-9-22-7-2-1-3-8-22/h1-3,6-8,10-13,17-18,28-32H,4-5,9,14-16,19-21H2/t28-/m0/s1. The monoisotopic (exact) mass is 449 g/mol. The zero-order chi connectivity index (χ0) is 23.3. The fraction of sp³-hybridized carbons (Fsp3) is 0.357. The van der Waals surface area contributed by atoms with Crippen LogP contribution < -0.4 is 5.32 Å². The van der Waals surface area contributed by atoms with Crippen molar-refractivity contribution < 1.29 is 20.1 Å². The molecule has 0 amide bonds. The molecular formula is C28H35NO4. The normalized spacial score (nSPS) is 12.1. The number of hydrogen-bond donors (Lipinski definition) is 4. The Kier molecular flexibility index (Phi) is 10.4. The van der Waals surface area contributed by atoms with Gasteiger partial charge in [-0.15, -0.1) is 0 Å². The molecule has 5 heteroatoms. The minimum Gasteiger partial charge on any atom is -0.508 e. The molecule has 3 aromatic rings. The molecule has 0 unspecified atom stereocenters. The van der Waals surface area contributed by atoms with Crippen LogP contribution in [0.3, 0.4) is 0 Å². The second kappa shape index (κ2) is 13.8. The highest BCUT2D eigenvalue weighted by Gasteiger charge is 2.10. The van der Waals surface area contributed by atoms with Crippen molar-refractivity contribution in [2.24, 2.45) is 0 Å². The Morgan fingerprint density at radius 3 is 2.42 bits per heavy atom. The van der Waals surface area contributed by atoms with Crippen LogP contribution in [0.2, 0.25) is 0 Å². The Balaban J connectivity index is 1.31. The van der Waals surface area contributed by atoms with Crippen molar-refractivity contribution in [3.8, 4) is 5.75 Å². The minimum absolute atomic E-state index is 0.0393. The molecule has 0 radical (unpaired) electrons. The van der Waals surface area contributed by atoms with E-state index in [0.29, 0.717) is 24.3 Å². The van der Waals surface area contributed by atoms with Gasteiger partial charge in [0, 0.05) is 18.7 Å². The summed E-state index contributed by atoms with van der Waals surface area (Å²) in [5, 5.41) is 32.5. The molecule has 0 aromatic heterocycles. The van der Waals surface area contributed by atoms with Crippen molar-refractivity contribution in [3.05, 3.63) is 101 Å². The van der Waals surface area contributed by atoms with Crippen molar-refractivity contribution in [2.45, 2.75) is 45.0 Å². The lowest BCUT2D eigenvalue weighted by atomic mass is 10.0. The Morgan fingerprint density at radius 1 is 0.818 bits per heavy atom. The van der Waals surface area contributed by atoms with Crippen LogP contribution in [0, 0.1) is 0 Å². The Labute approximate surface area is 196 Å². The smallest absolute Gasteiger partial charge is 0.121 e. The van der Waals surface area contributed by atoms with Crippen molar-refractivity contribution in [1.29, 1.82) is 0 Å². The lowest BCUT2D eigenvalue weighted by molar-refractivity contribution is 0.117. The van der Waals surface area contributed by atoms with Gasteiger partial charge in [-0.25, -0.2) is 0 Å². The molecule has 0 saturated heterocycles. The van der Waals surface area contributed by atoms with Crippen LogP contribution in [-0.2, 0) is 30.8 Å². The molecule has 0 aliphatic rings. The van der Waals surface area contributed by atoms with E-state index in [9.17, 15) is 15.3 Å². The van der Waals surface area contributed by atoms with E-state index in [1.807, 2.05) is 6.07 Å². The fourth-order valence-electron chi connectivity index (χ4n) is 3.77. The van der Waals surface area contributed by atoms with Crippen LogP contribution in [0.1, 0.15) is 46.8 Å². The lowest BCUT2D eigenvalue weighted by Crippen LogP contribution is -2.23. The number of aliphatic hydroxyl groups is 2. The van der Waals surface area contributed by atoms with Gasteiger partial charge in [-0.1, -0.05) is 60.7 Å². The molecule has 3 rings (SSSR count). The third-order valence-electron chi connectivity index (χ3n) is 5.69. The van der Waals surface area contributed by atoms with Crippen LogP contribution in [0.15, 0.2) is 72.8 Å². The summed E-state index contributed by atoms with van der Waals surface area (Å²) in [6.07, 6.45) is 3.44. The number of ether oxygens (including phenoxy) is 1. The number of benzene rings is 3. The van der Waals surface area contributed by atoms with E-state index in [0.717, 1.165) is 38.8 Å². The predicted octanol–water partition coefficient (Wildman–Crippen LogP) is 4.29. The Hall–Kier alpha value is -2.70. The summed E-state index contributed by atoms with van der Waals surface area (Å²) in [4.78, 5) is 0. The average molecular weight is 450 g/mol. The first-order valence-corrected chi connectivity index (χ1v) is 11.7. The number of unbranched alkanes of at least 4 members (excludes halogenated alkanes) is 1. The number of phenols is 1. The highest BCUT2D eigenvalue weighted by Crippen LogP contribution is 2.22. The molecule has 0 heterocycles. The third-order valence-corrected chi connectivity index (χ3v) is 5.69. The summed E-state index contributed by atoms with van der Waals surface area (Å²) < 4.78 is 5.86. The second-order valence-electron chi connectivity index (χ2n) is 8.33. The Morgan fingerprint density at radius 2 is 1.61 bits per heavy atom. The first-order chi connectivity index (χ1) is 16.2. The van der Waals surface area contributed by atoms with Gasteiger partial charge >= 0.3 is 0 Å². The largest absolute Gasteiger partial charge is 0.508 e. The molecule has 0 saturated carbocycles. The van der Waals surface area contributed by atoms with Gasteiger partial charge in [0.15, 0.2) is 0 Å². The van der Waals surface area contributed by atoms with E-state index in [2.05, 4.69) is 53.8 Å². The van der Waals surface area contributed by atoms with Crippen molar-refractivity contribution in [2.75, 3.05) is 19.7 Å². The maximum Gasteiger partial charge on any atom is 0.121 e. The van der Waals surface area contributed by atoms with Crippen molar-refractivity contribution in [1.82, 2.24) is 5.32 Å². The van der Waals surface area contributed by atoms with Gasteiger partial charge in [0.2, 0.25) is 0 Å². The highest BCUT2D eigenvalue weighted by molar-refractivity contribution is 5.36. The maximum absolute atomic E-state index is 10.4. The molecule has 33 heavy (non-hydrogen) atoms. The number of nitrogens with one attached hydrogen (secondary N) is 1. The number of hydrogen-bond acceptors (Lipinski definition) is 5. The molecule has 0 aliphatic carbocycles. The molecule has 3 aromatic carbocycles. The summed E-state index contributed by atoms with van der Waals surface area (Å²) in [5.41, 5.74) is 4.88. The first-order valence-electron chi connectivity index (χ1n) is 11.7. The molecule has 0 aliphatic heterocycles. The topological polar surface area (TPSA) is 82.0 Å². The van der Waals surface area contributed by atoms with E-state index in [4.69, 9.17) is 4.74 Å². The van der Waals surface area contributed by atoms with E-state index < -0.39 is 6.10 Å². The molecule has 0 spiro atoms. The van der Waals surface area contributed by atoms with Crippen LogP contribution >= 0.6 is 0 Å². The van der Waals surface area contributed by atoms with E-state index in [1.165, 1.54) is 22.8 Å². The van der Waals surface area contributed by atoms with Gasteiger partial charge in [-0.2, -0.15) is 0 Å². The van der Waals surface area contributed by atoms with Gasteiger partial charge in [0.1, 0.15) is 5.75 Å². The minimum atomic E-state index is -0.697. The SMILES string of the molecule is OCc1cc([C@@H](O)CNCCc2cccc(COCCCCc3ccccc3)c2)ccc1O. The summed E-state index contributed by atoms with van der Waals surface area (Å²) in [7, 11) is 0. The Bertz CT molecular complexity index is 961. The molecule has 5 nitrogen and oxygen atoms in total. The number of rotatable bonds is 14. The third kappa shape index (κ3) is 8.63. The van der Waals surface area contributed by atoms with Crippen molar-refractivity contribution >= 4 is 0 Å². The quantitative estimate of drug-likeness (QED) is 0.276. The van der Waals surface area contributed by atoms with E-state index >= 15 is 0 Å². The number of aryl methyl sites for hydroxylation is 1. The van der Waals surface area contributed by atoms with Crippen LogP contribution in [0.5, 0.6) is 5.75 Å². The molecule has 4 N–H and O–H groups in total. The van der Waals surface area contributed by atoms with Gasteiger partial charge in [-0.05, 0) is 66.6 Å². The average Bonchev–Trinajstić information content (AvgIpc) is 2.85. The molecule has 1 atom stereocenters. The molecule has 0 bridgehead atoms. The fourth-order valence-corrected chi connectivity index (χ4v) is 3.77. The molecular weight excluding hydrogens is 414 g/mol. The molecule has 0 fully saturated rings. The summed E-state index contributed by atoms with van der Waals surface area (Å²) in [6.45, 7) is 2.28.